The second kappa shape index (κ2) is 8.78. The summed E-state index contributed by atoms with van der Waals surface area (Å²) in [6, 6.07) is -0.0721. The van der Waals surface area contributed by atoms with Gasteiger partial charge in [0.1, 0.15) is 0 Å². The highest BCUT2D eigenvalue weighted by molar-refractivity contribution is 7.99. The van der Waals surface area contributed by atoms with Crippen LogP contribution < -0.4 is 5.32 Å². The first kappa shape index (κ1) is 17.6. The Kier molecular flexibility index (Phi) is 6.45. The summed E-state index contributed by atoms with van der Waals surface area (Å²) in [4.78, 5) is 25.7. The second-order valence-corrected chi connectivity index (χ2v) is 7.56. The van der Waals surface area contributed by atoms with Gasteiger partial charge in [0.25, 0.3) is 0 Å². The molecule has 1 atom stereocenters. The quantitative estimate of drug-likeness (QED) is 0.618. The van der Waals surface area contributed by atoms with Gasteiger partial charge in [-0.15, -0.1) is 0 Å². The van der Waals surface area contributed by atoms with Crippen molar-refractivity contribution in [2.24, 2.45) is 0 Å². The largest absolute Gasteiger partial charge is 0.341 e. The molecular formula is C17H27N5OS. The normalized spacial score (nSPS) is 22.0. The van der Waals surface area contributed by atoms with Crippen LogP contribution in [0.25, 0.3) is 0 Å². The number of hydrogen-bond donors (Lipinski definition) is 1. The molecule has 1 aromatic rings. The van der Waals surface area contributed by atoms with Crippen LogP contribution in [-0.4, -0.2) is 70.2 Å². The number of likely N-dealkylation sites (tertiary alicyclic amines) is 1. The number of aromatic nitrogens is 2. The fraction of sp³-hybridized carbons (Fsp3) is 0.706. The summed E-state index contributed by atoms with van der Waals surface area (Å²) >= 11 is 1.70. The standard InChI is InChI=1S/C17H27N5OS/c1-2-9-24-17-19-10-14(11-20-17)12-21-8-5-18-15(13-21)16(23)22-6-3-4-7-22/h10-11,15,18H,2-9,12-13H2,1H3/t15-/m0/s1. The van der Waals surface area contributed by atoms with Gasteiger partial charge in [-0.25, -0.2) is 9.97 Å². The third-order valence-corrected chi connectivity index (χ3v) is 5.58. The summed E-state index contributed by atoms with van der Waals surface area (Å²) < 4.78 is 0. The van der Waals surface area contributed by atoms with E-state index in [2.05, 4.69) is 27.1 Å². The Bertz CT molecular complexity index is 532. The van der Waals surface area contributed by atoms with Crippen LogP contribution in [0, 0.1) is 0 Å². The van der Waals surface area contributed by atoms with Gasteiger partial charge in [0.15, 0.2) is 5.16 Å². The van der Waals surface area contributed by atoms with E-state index in [1.807, 2.05) is 17.3 Å². The van der Waals surface area contributed by atoms with Gasteiger partial charge in [-0.2, -0.15) is 0 Å². The number of piperazine rings is 1. The molecule has 0 saturated carbocycles. The smallest absolute Gasteiger partial charge is 0.241 e. The lowest BCUT2D eigenvalue weighted by atomic mass is 10.1. The van der Waals surface area contributed by atoms with Crippen molar-refractivity contribution in [1.29, 1.82) is 0 Å². The molecule has 2 aliphatic rings. The van der Waals surface area contributed by atoms with E-state index >= 15 is 0 Å². The van der Waals surface area contributed by atoms with Crippen molar-refractivity contribution in [1.82, 2.24) is 25.1 Å². The zero-order valence-corrected chi connectivity index (χ0v) is 15.2. The average molecular weight is 350 g/mol. The third-order valence-electron chi connectivity index (χ3n) is 4.50. The number of rotatable bonds is 6. The maximum atomic E-state index is 12.6. The molecule has 0 aliphatic carbocycles. The lowest BCUT2D eigenvalue weighted by Gasteiger charge is -2.34. The van der Waals surface area contributed by atoms with E-state index in [0.29, 0.717) is 0 Å². The van der Waals surface area contributed by atoms with Gasteiger partial charge in [0.05, 0.1) is 6.04 Å². The Labute approximate surface area is 148 Å². The first-order chi connectivity index (χ1) is 11.8. The molecule has 2 aliphatic heterocycles. The first-order valence-corrected chi connectivity index (χ1v) is 9.93. The number of carbonyl (C=O) groups is 1. The van der Waals surface area contributed by atoms with Crippen molar-refractivity contribution in [3.63, 3.8) is 0 Å². The Balaban J connectivity index is 1.52. The molecular weight excluding hydrogens is 322 g/mol. The Hall–Kier alpha value is -1.18. The van der Waals surface area contributed by atoms with Gasteiger partial charge in [-0.05, 0) is 19.3 Å². The van der Waals surface area contributed by atoms with E-state index in [0.717, 1.165) is 75.0 Å². The minimum atomic E-state index is -0.0721. The van der Waals surface area contributed by atoms with Crippen molar-refractivity contribution < 1.29 is 4.79 Å². The summed E-state index contributed by atoms with van der Waals surface area (Å²) in [5, 5.41) is 4.23. The van der Waals surface area contributed by atoms with E-state index in [4.69, 9.17) is 0 Å². The summed E-state index contributed by atoms with van der Waals surface area (Å²) in [5.74, 6) is 1.32. The van der Waals surface area contributed by atoms with Crippen LogP contribution in [0.2, 0.25) is 0 Å². The minimum Gasteiger partial charge on any atom is -0.341 e. The number of thioether (sulfide) groups is 1. The topological polar surface area (TPSA) is 61.4 Å². The Morgan fingerprint density at radius 3 is 2.75 bits per heavy atom. The lowest BCUT2D eigenvalue weighted by molar-refractivity contribution is -0.133. The molecule has 1 aromatic heterocycles. The summed E-state index contributed by atoms with van der Waals surface area (Å²) in [5.41, 5.74) is 1.12. The van der Waals surface area contributed by atoms with E-state index in [-0.39, 0.29) is 11.9 Å². The number of nitrogens with zero attached hydrogens (tertiary/aromatic N) is 4. The molecule has 132 valence electrons. The predicted octanol–water partition coefficient (Wildman–Crippen LogP) is 1.37. The van der Waals surface area contributed by atoms with E-state index in [1.54, 1.807) is 11.8 Å². The molecule has 2 saturated heterocycles. The molecule has 1 N–H and O–H groups in total. The van der Waals surface area contributed by atoms with Crippen molar-refractivity contribution in [3.8, 4) is 0 Å². The van der Waals surface area contributed by atoms with Crippen molar-refractivity contribution in [3.05, 3.63) is 18.0 Å². The van der Waals surface area contributed by atoms with Crippen LogP contribution in [0.1, 0.15) is 31.7 Å². The Morgan fingerprint density at radius 2 is 2.04 bits per heavy atom. The van der Waals surface area contributed by atoms with Gasteiger partial charge in [0, 0.05) is 63.0 Å². The fourth-order valence-electron chi connectivity index (χ4n) is 3.23. The summed E-state index contributed by atoms with van der Waals surface area (Å²) in [6.45, 7) is 7.38. The van der Waals surface area contributed by atoms with Gasteiger partial charge in [-0.3, -0.25) is 9.69 Å². The zero-order chi connectivity index (χ0) is 16.8. The van der Waals surface area contributed by atoms with Crippen molar-refractivity contribution >= 4 is 17.7 Å². The third kappa shape index (κ3) is 4.68. The highest BCUT2D eigenvalue weighted by atomic mass is 32.2. The van der Waals surface area contributed by atoms with Gasteiger partial charge in [-0.1, -0.05) is 18.7 Å². The van der Waals surface area contributed by atoms with Gasteiger partial charge in [0.2, 0.25) is 5.91 Å². The molecule has 0 unspecified atom stereocenters. The SMILES string of the molecule is CCCSc1ncc(CN2CCN[C@H](C(=O)N3CCCC3)C2)cn1. The summed E-state index contributed by atoms with van der Waals surface area (Å²) in [6.07, 6.45) is 7.25. The van der Waals surface area contributed by atoms with E-state index in [9.17, 15) is 4.79 Å². The number of carbonyl (C=O) groups excluding carboxylic acids is 1. The fourth-order valence-corrected chi connectivity index (χ4v) is 3.87. The predicted molar refractivity (Wildman–Crippen MR) is 95.9 cm³/mol. The minimum absolute atomic E-state index is 0.0721. The molecule has 0 bridgehead atoms. The summed E-state index contributed by atoms with van der Waals surface area (Å²) in [7, 11) is 0. The first-order valence-electron chi connectivity index (χ1n) is 8.94. The maximum absolute atomic E-state index is 12.6. The van der Waals surface area contributed by atoms with Crippen LogP contribution in [-0.2, 0) is 11.3 Å². The van der Waals surface area contributed by atoms with Crippen LogP contribution in [0.5, 0.6) is 0 Å². The molecule has 3 rings (SSSR count). The van der Waals surface area contributed by atoms with Crippen LogP contribution in [0.15, 0.2) is 17.6 Å². The molecule has 0 aromatic carbocycles. The number of hydrogen-bond acceptors (Lipinski definition) is 6. The van der Waals surface area contributed by atoms with Gasteiger partial charge >= 0.3 is 0 Å². The second-order valence-electron chi connectivity index (χ2n) is 6.50. The van der Waals surface area contributed by atoms with Crippen molar-refractivity contribution in [2.45, 2.75) is 43.9 Å². The highest BCUT2D eigenvalue weighted by Crippen LogP contribution is 2.15. The molecule has 7 heteroatoms. The molecule has 2 fully saturated rings. The van der Waals surface area contributed by atoms with Gasteiger partial charge < -0.3 is 10.2 Å². The molecule has 0 spiro atoms. The van der Waals surface area contributed by atoms with E-state index in [1.165, 1.54) is 0 Å². The zero-order valence-electron chi connectivity index (χ0n) is 14.4. The van der Waals surface area contributed by atoms with E-state index < -0.39 is 0 Å². The molecule has 6 nitrogen and oxygen atoms in total. The molecule has 24 heavy (non-hydrogen) atoms. The number of amides is 1. The Morgan fingerprint density at radius 1 is 1.29 bits per heavy atom. The van der Waals surface area contributed by atoms with Crippen molar-refractivity contribution in [2.75, 3.05) is 38.5 Å². The molecule has 0 radical (unpaired) electrons. The lowest BCUT2D eigenvalue weighted by Crippen LogP contribution is -2.57. The maximum Gasteiger partial charge on any atom is 0.241 e. The molecule has 1 amide bonds. The average Bonchev–Trinajstić information content (AvgIpc) is 3.15. The monoisotopic (exact) mass is 349 g/mol. The van der Waals surface area contributed by atoms with Crippen LogP contribution in [0.3, 0.4) is 0 Å². The van der Waals surface area contributed by atoms with Crippen LogP contribution >= 0.6 is 11.8 Å². The van der Waals surface area contributed by atoms with Crippen LogP contribution in [0.4, 0.5) is 0 Å². The number of nitrogens with one attached hydrogen (secondary N) is 1. The molecule has 3 heterocycles. The highest BCUT2D eigenvalue weighted by Gasteiger charge is 2.30.